The highest BCUT2D eigenvalue weighted by atomic mass is 16.5. The number of amides is 1. The summed E-state index contributed by atoms with van der Waals surface area (Å²) in [5, 5.41) is 2.77. The van der Waals surface area contributed by atoms with Gasteiger partial charge in [-0.15, -0.1) is 0 Å². The Morgan fingerprint density at radius 3 is 2.46 bits per heavy atom. The van der Waals surface area contributed by atoms with Crippen molar-refractivity contribution in [1.29, 1.82) is 0 Å². The van der Waals surface area contributed by atoms with Gasteiger partial charge in [0.25, 0.3) is 5.91 Å². The zero-order valence-electron chi connectivity index (χ0n) is 14.0. The Hall–Kier alpha value is -2.82. The van der Waals surface area contributed by atoms with Gasteiger partial charge in [-0.2, -0.15) is 0 Å². The lowest BCUT2D eigenvalue weighted by Gasteiger charge is -2.11. The summed E-state index contributed by atoms with van der Waals surface area (Å²) < 4.78 is 10.5. The second-order valence-corrected chi connectivity index (χ2v) is 5.45. The predicted molar refractivity (Wildman–Crippen MR) is 92.6 cm³/mol. The molecule has 126 valence electrons. The van der Waals surface area contributed by atoms with Gasteiger partial charge in [-0.3, -0.25) is 4.79 Å². The first-order chi connectivity index (χ1) is 11.5. The van der Waals surface area contributed by atoms with Crippen molar-refractivity contribution in [2.45, 2.75) is 26.9 Å². The first-order valence-corrected chi connectivity index (χ1v) is 7.85. The summed E-state index contributed by atoms with van der Waals surface area (Å²) in [4.78, 5) is 24.1. The van der Waals surface area contributed by atoms with Crippen LogP contribution in [0.2, 0.25) is 0 Å². The molecular formula is C19H21NO4. The summed E-state index contributed by atoms with van der Waals surface area (Å²) in [6.07, 6.45) is 0.0320. The van der Waals surface area contributed by atoms with E-state index in [1.54, 1.807) is 55.5 Å². The van der Waals surface area contributed by atoms with Crippen LogP contribution in [0.5, 0.6) is 5.75 Å². The fourth-order valence-corrected chi connectivity index (χ4v) is 2.12. The summed E-state index contributed by atoms with van der Waals surface area (Å²) in [5.74, 6) is -0.0518. The summed E-state index contributed by atoms with van der Waals surface area (Å²) in [7, 11) is 0. The number of rotatable bonds is 6. The summed E-state index contributed by atoms with van der Waals surface area (Å²) >= 11 is 0. The van der Waals surface area contributed by atoms with Crippen molar-refractivity contribution in [2.75, 3.05) is 11.9 Å². The smallest absolute Gasteiger partial charge is 0.338 e. The molecule has 1 amide bonds. The third-order valence-corrected chi connectivity index (χ3v) is 3.10. The van der Waals surface area contributed by atoms with Gasteiger partial charge in [0.1, 0.15) is 5.75 Å². The number of hydrogen-bond acceptors (Lipinski definition) is 4. The Morgan fingerprint density at radius 1 is 1.04 bits per heavy atom. The number of nitrogens with one attached hydrogen (secondary N) is 1. The van der Waals surface area contributed by atoms with Crippen LogP contribution in [0.1, 0.15) is 41.5 Å². The lowest BCUT2D eigenvalue weighted by Crippen LogP contribution is -2.13. The normalized spacial score (nSPS) is 10.3. The largest absolute Gasteiger partial charge is 0.491 e. The van der Waals surface area contributed by atoms with Crippen LogP contribution in [0, 0.1) is 0 Å². The molecule has 1 N–H and O–H groups in total. The van der Waals surface area contributed by atoms with Crippen molar-refractivity contribution in [3.05, 3.63) is 59.7 Å². The van der Waals surface area contributed by atoms with E-state index in [-0.39, 0.29) is 12.0 Å². The highest BCUT2D eigenvalue weighted by molar-refractivity contribution is 6.05. The number of hydrogen-bond donors (Lipinski definition) is 1. The SMILES string of the molecule is CCOC(=O)c1cccc(NC(=O)c2cccc(OC(C)C)c2)c1. The van der Waals surface area contributed by atoms with E-state index in [0.717, 1.165) is 0 Å². The van der Waals surface area contributed by atoms with E-state index in [0.29, 0.717) is 29.2 Å². The maximum Gasteiger partial charge on any atom is 0.338 e. The topological polar surface area (TPSA) is 64.6 Å². The number of carbonyl (C=O) groups excluding carboxylic acids is 2. The van der Waals surface area contributed by atoms with Gasteiger partial charge >= 0.3 is 5.97 Å². The van der Waals surface area contributed by atoms with E-state index >= 15 is 0 Å². The van der Waals surface area contributed by atoms with Gasteiger partial charge in [-0.25, -0.2) is 4.79 Å². The van der Waals surface area contributed by atoms with Crippen LogP contribution in [-0.2, 0) is 4.74 Å². The molecule has 24 heavy (non-hydrogen) atoms. The van der Waals surface area contributed by atoms with Crippen LogP contribution in [0.4, 0.5) is 5.69 Å². The molecule has 0 aliphatic heterocycles. The Labute approximate surface area is 141 Å². The number of ether oxygens (including phenoxy) is 2. The Bertz CT molecular complexity index is 725. The lowest BCUT2D eigenvalue weighted by molar-refractivity contribution is 0.0526. The maximum absolute atomic E-state index is 12.4. The van der Waals surface area contributed by atoms with Crippen LogP contribution >= 0.6 is 0 Å². The van der Waals surface area contributed by atoms with E-state index < -0.39 is 5.97 Å². The molecule has 5 heteroatoms. The van der Waals surface area contributed by atoms with Crippen molar-refractivity contribution in [3.8, 4) is 5.75 Å². The van der Waals surface area contributed by atoms with Crippen LogP contribution in [0.25, 0.3) is 0 Å². The number of esters is 1. The monoisotopic (exact) mass is 327 g/mol. The Balaban J connectivity index is 2.12. The molecule has 0 radical (unpaired) electrons. The van der Waals surface area contributed by atoms with E-state index in [1.165, 1.54) is 0 Å². The van der Waals surface area contributed by atoms with Gasteiger partial charge in [-0.05, 0) is 57.2 Å². The predicted octanol–water partition coefficient (Wildman–Crippen LogP) is 3.90. The van der Waals surface area contributed by atoms with Crippen molar-refractivity contribution in [1.82, 2.24) is 0 Å². The van der Waals surface area contributed by atoms with Gasteiger partial charge in [0.15, 0.2) is 0 Å². The molecule has 0 saturated heterocycles. The van der Waals surface area contributed by atoms with E-state index in [1.807, 2.05) is 13.8 Å². The minimum absolute atomic E-state index is 0.0320. The van der Waals surface area contributed by atoms with Gasteiger partial charge in [0.2, 0.25) is 0 Å². The highest BCUT2D eigenvalue weighted by Crippen LogP contribution is 2.17. The number of anilines is 1. The molecule has 0 heterocycles. The fourth-order valence-electron chi connectivity index (χ4n) is 2.12. The summed E-state index contributed by atoms with van der Waals surface area (Å²) in [6.45, 7) is 5.90. The van der Waals surface area contributed by atoms with Crippen LogP contribution in [0.15, 0.2) is 48.5 Å². The minimum atomic E-state index is -0.416. The Morgan fingerprint density at radius 2 is 1.75 bits per heavy atom. The van der Waals surface area contributed by atoms with Gasteiger partial charge < -0.3 is 14.8 Å². The number of carbonyl (C=O) groups is 2. The van der Waals surface area contributed by atoms with Crippen LogP contribution < -0.4 is 10.1 Å². The zero-order valence-corrected chi connectivity index (χ0v) is 14.0. The first kappa shape index (κ1) is 17.5. The lowest BCUT2D eigenvalue weighted by atomic mass is 10.1. The molecule has 2 rings (SSSR count). The number of benzene rings is 2. The summed E-state index contributed by atoms with van der Waals surface area (Å²) in [5.41, 5.74) is 1.40. The molecule has 0 unspecified atom stereocenters. The average molecular weight is 327 g/mol. The van der Waals surface area contributed by atoms with Crippen molar-refractivity contribution in [3.63, 3.8) is 0 Å². The van der Waals surface area contributed by atoms with E-state index in [2.05, 4.69) is 5.32 Å². The molecule has 0 spiro atoms. The third-order valence-electron chi connectivity index (χ3n) is 3.10. The second kappa shape index (κ2) is 8.15. The van der Waals surface area contributed by atoms with E-state index in [9.17, 15) is 9.59 Å². The molecular weight excluding hydrogens is 306 g/mol. The molecule has 2 aromatic carbocycles. The maximum atomic E-state index is 12.4. The average Bonchev–Trinajstić information content (AvgIpc) is 2.55. The molecule has 0 aliphatic carbocycles. The van der Waals surface area contributed by atoms with Gasteiger partial charge in [0, 0.05) is 11.3 Å². The van der Waals surface area contributed by atoms with Crippen molar-refractivity contribution in [2.24, 2.45) is 0 Å². The van der Waals surface area contributed by atoms with Crippen LogP contribution in [0.3, 0.4) is 0 Å². The quantitative estimate of drug-likeness (QED) is 0.817. The third kappa shape index (κ3) is 4.84. The fraction of sp³-hybridized carbons (Fsp3) is 0.263. The molecule has 0 fully saturated rings. The van der Waals surface area contributed by atoms with Gasteiger partial charge in [-0.1, -0.05) is 12.1 Å². The molecule has 0 bridgehead atoms. The van der Waals surface area contributed by atoms with Crippen molar-refractivity contribution >= 4 is 17.6 Å². The first-order valence-electron chi connectivity index (χ1n) is 7.85. The molecule has 5 nitrogen and oxygen atoms in total. The zero-order chi connectivity index (χ0) is 17.5. The van der Waals surface area contributed by atoms with E-state index in [4.69, 9.17) is 9.47 Å². The minimum Gasteiger partial charge on any atom is -0.491 e. The van der Waals surface area contributed by atoms with Crippen LogP contribution in [-0.4, -0.2) is 24.6 Å². The molecule has 2 aromatic rings. The molecule has 0 aliphatic rings. The van der Waals surface area contributed by atoms with Gasteiger partial charge in [0.05, 0.1) is 18.3 Å². The standard InChI is InChI=1S/C19H21NO4/c1-4-23-19(22)15-8-5-9-16(11-15)20-18(21)14-7-6-10-17(12-14)24-13(2)3/h5-13H,4H2,1-3H3,(H,20,21). The second-order valence-electron chi connectivity index (χ2n) is 5.45. The molecule has 0 saturated carbocycles. The molecule has 0 atom stereocenters. The Kier molecular flexibility index (Phi) is 5.95. The van der Waals surface area contributed by atoms with Crippen molar-refractivity contribution < 1.29 is 19.1 Å². The molecule has 0 aromatic heterocycles. The highest BCUT2D eigenvalue weighted by Gasteiger charge is 2.11. The summed E-state index contributed by atoms with van der Waals surface area (Å²) in [6, 6.07) is 13.6.